The lowest BCUT2D eigenvalue weighted by molar-refractivity contribution is 1.17. The minimum atomic E-state index is 0.996. The van der Waals surface area contributed by atoms with E-state index in [1.54, 1.807) is 6.20 Å². The van der Waals surface area contributed by atoms with Crippen LogP contribution in [0.25, 0.3) is 5.57 Å². The molecular weight excluding hydrogens is 196 g/mol. The summed E-state index contributed by atoms with van der Waals surface area (Å²) in [6.07, 6.45) is 3.60. The molecule has 80 valence electrons. The van der Waals surface area contributed by atoms with Crippen molar-refractivity contribution < 1.29 is 0 Å². The highest BCUT2D eigenvalue weighted by Gasteiger charge is 2.05. The van der Waals surface area contributed by atoms with Crippen molar-refractivity contribution in [3.05, 3.63) is 65.8 Å². The van der Waals surface area contributed by atoms with Gasteiger partial charge in [-0.1, -0.05) is 12.6 Å². The van der Waals surface area contributed by atoms with Crippen LogP contribution in [-0.4, -0.2) is 9.97 Å². The lowest BCUT2D eigenvalue weighted by Gasteiger charge is -2.08. The molecule has 0 fully saturated rings. The Bertz CT molecular complexity index is 530. The van der Waals surface area contributed by atoms with Gasteiger partial charge in [0.2, 0.25) is 0 Å². The van der Waals surface area contributed by atoms with E-state index in [1.165, 1.54) is 0 Å². The molecule has 0 radical (unpaired) electrons. The van der Waals surface area contributed by atoms with Crippen LogP contribution in [0.1, 0.15) is 22.5 Å². The molecule has 2 rings (SSSR count). The summed E-state index contributed by atoms with van der Waals surface area (Å²) < 4.78 is 0. The van der Waals surface area contributed by atoms with Gasteiger partial charge in [0.15, 0.2) is 0 Å². The zero-order valence-corrected chi connectivity index (χ0v) is 9.57. The molecule has 2 nitrogen and oxygen atoms in total. The van der Waals surface area contributed by atoms with Crippen LogP contribution < -0.4 is 0 Å². The first-order chi connectivity index (χ1) is 7.68. The van der Waals surface area contributed by atoms with Crippen molar-refractivity contribution in [2.45, 2.75) is 13.8 Å². The van der Waals surface area contributed by atoms with E-state index in [-0.39, 0.29) is 0 Å². The van der Waals surface area contributed by atoms with Gasteiger partial charge < -0.3 is 0 Å². The summed E-state index contributed by atoms with van der Waals surface area (Å²) in [5.74, 6) is 0. The van der Waals surface area contributed by atoms with E-state index in [4.69, 9.17) is 0 Å². The zero-order valence-electron chi connectivity index (χ0n) is 9.57. The van der Waals surface area contributed by atoms with Gasteiger partial charge in [-0.15, -0.1) is 0 Å². The Labute approximate surface area is 95.7 Å². The highest BCUT2D eigenvalue weighted by Crippen LogP contribution is 2.22. The predicted molar refractivity (Wildman–Crippen MR) is 66.1 cm³/mol. The Morgan fingerprint density at radius 2 is 1.94 bits per heavy atom. The van der Waals surface area contributed by atoms with Crippen molar-refractivity contribution in [1.82, 2.24) is 9.97 Å². The second-order valence-corrected chi connectivity index (χ2v) is 3.80. The van der Waals surface area contributed by atoms with Crippen LogP contribution in [0.2, 0.25) is 0 Å². The molecule has 2 aromatic rings. The van der Waals surface area contributed by atoms with Gasteiger partial charge in [0.05, 0.1) is 0 Å². The van der Waals surface area contributed by atoms with Crippen LogP contribution >= 0.6 is 0 Å². The van der Waals surface area contributed by atoms with E-state index in [0.29, 0.717) is 0 Å². The molecule has 0 aliphatic rings. The van der Waals surface area contributed by atoms with Gasteiger partial charge in [0.25, 0.3) is 0 Å². The summed E-state index contributed by atoms with van der Waals surface area (Å²) in [4.78, 5) is 8.45. The molecule has 0 aromatic carbocycles. The second-order valence-electron chi connectivity index (χ2n) is 3.80. The fourth-order valence-electron chi connectivity index (χ4n) is 1.69. The van der Waals surface area contributed by atoms with Crippen molar-refractivity contribution in [2.24, 2.45) is 0 Å². The summed E-state index contributed by atoms with van der Waals surface area (Å²) in [5.41, 5.74) is 5.19. The van der Waals surface area contributed by atoms with Crippen molar-refractivity contribution in [1.29, 1.82) is 0 Å². The predicted octanol–water partition coefficient (Wildman–Crippen LogP) is 3.15. The SMILES string of the molecule is C=C(c1ccnc(C)c1)c1cccnc1C. The minimum absolute atomic E-state index is 0.996. The van der Waals surface area contributed by atoms with Gasteiger partial charge in [-0.05, 0) is 43.2 Å². The molecule has 2 aromatic heterocycles. The van der Waals surface area contributed by atoms with E-state index in [0.717, 1.165) is 28.1 Å². The van der Waals surface area contributed by atoms with Crippen LogP contribution in [0, 0.1) is 13.8 Å². The Hall–Kier alpha value is -1.96. The Morgan fingerprint density at radius 3 is 2.62 bits per heavy atom. The van der Waals surface area contributed by atoms with Gasteiger partial charge in [-0.2, -0.15) is 0 Å². The average Bonchev–Trinajstić information content (AvgIpc) is 2.29. The van der Waals surface area contributed by atoms with E-state index in [9.17, 15) is 0 Å². The quantitative estimate of drug-likeness (QED) is 0.761. The van der Waals surface area contributed by atoms with Crippen molar-refractivity contribution in [3.8, 4) is 0 Å². The molecule has 2 heterocycles. The van der Waals surface area contributed by atoms with Crippen molar-refractivity contribution >= 4 is 5.57 Å². The third kappa shape index (κ3) is 2.01. The highest BCUT2D eigenvalue weighted by molar-refractivity contribution is 5.78. The molecule has 0 N–H and O–H groups in total. The first-order valence-electron chi connectivity index (χ1n) is 5.22. The number of pyridine rings is 2. The number of hydrogen-bond donors (Lipinski definition) is 0. The van der Waals surface area contributed by atoms with Gasteiger partial charge in [-0.25, -0.2) is 0 Å². The van der Waals surface area contributed by atoms with E-state index in [1.807, 2.05) is 44.3 Å². The van der Waals surface area contributed by atoms with Gasteiger partial charge in [0, 0.05) is 29.3 Å². The number of aryl methyl sites for hydroxylation is 2. The number of hydrogen-bond acceptors (Lipinski definition) is 2. The first-order valence-corrected chi connectivity index (χ1v) is 5.22. The number of nitrogens with zero attached hydrogens (tertiary/aromatic N) is 2. The third-order valence-corrected chi connectivity index (χ3v) is 2.58. The molecule has 0 saturated heterocycles. The molecule has 0 atom stereocenters. The van der Waals surface area contributed by atoms with Gasteiger partial charge in [-0.3, -0.25) is 9.97 Å². The molecule has 16 heavy (non-hydrogen) atoms. The van der Waals surface area contributed by atoms with Crippen LogP contribution in [0.5, 0.6) is 0 Å². The average molecular weight is 210 g/mol. The topological polar surface area (TPSA) is 25.8 Å². The largest absolute Gasteiger partial charge is 0.262 e. The molecule has 0 aliphatic heterocycles. The van der Waals surface area contributed by atoms with Crippen LogP contribution in [0.4, 0.5) is 0 Å². The lowest BCUT2D eigenvalue weighted by atomic mass is 9.99. The summed E-state index contributed by atoms with van der Waals surface area (Å²) >= 11 is 0. The van der Waals surface area contributed by atoms with E-state index >= 15 is 0 Å². The molecule has 0 saturated carbocycles. The Balaban J connectivity index is 2.44. The maximum Gasteiger partial charge on any atom is 0.0450 e. The normalized spacial score (nSPS) is 10.1. The lowest BCUT2D eigenvalue weighted by Crippen LogP contribution is -1.93. The molecule has 0 spiro atoms. The standard InChI is InChI=1S/C14H14N2/c1-10-9-13(6-8-15-10)11(2)14-5-4-7-16-12(14)3/h4-9H,2H2,1,3H3. The van der Waals surface area contributed by atoms with Gasteiger partial charge in [0.1, 0.15) is 0 Å². The number of aromatic nitrogens is 2. The Morgan fingerprint density at radius 1 is 1.12 bits per heavy atom. The fraction of sp³-hybridized carbons (Fsp3) is 0.143. The zero-order chi connectivity index (χ0) is 11.5. The van der Waals surface area contributed by atoms with Crippen molar-refractivity contribution in [2.75, 3.05) is 0 Å². The molecule has 0 bridgehead atoms. The number of rotatable bonds is 2. The van der Waals surface area contributed by atoms with E-state index in [2.05, 4.69) is 16.5 Å². The fourth-order valence-corrected chi connectivity index (χ4v) is 1.69. The van der Waals surface area contributed by atoms with E-state index < -0.39 is 0 Å². The van der Waals surface area contributed by atoms with Crippen LogP contribution in [-0.2, 0) is 0 Å². The maximum absolute atomic E-state index is 4.27. The van der Waals surface area contributed by atoms with Crippen LogP contribution in [0.3, 0.4) is 0 Å². The molecule has 2 heteroatoms. The summed E-state index contributed by atoms with van der Waals surface area (Å²) in [7, 11) is 0. The van der Waals surface area contributed by atoms with Crippen molar-refractivity contribution in [3.63, 3.8) is 0 Å². The van der Waals surface area contributed by atoms with Gasteiger partial charge >= 0.3 is 0 Å². The molecule has 0 aliphatic carbocycles. The Kier molecular flexibility index (Phi) is 2.82. The molecular formula is C14H14N2. The summed E-state index contributed by atoms with van der Waals surface area (Å²) in [6, 6.07) is 7.98. The highest BCUT2D eigenvalue weighted by atomic mass is 14.7. The molecule has 0 amide bonds. The second kappa shape index (κ2) is 4.27. The smallest absolute Gasteiger partial charge is 0.0450 e. The first kappa shape index (κ1) is 10.6. The monoisotopic (exact) mass is 210 g/mol. The molecule has 0 unspecified atom stereocenters. The summed E-state index contributed by atoms with van der Waals surface area (Å²) in [6.45, 7) is 8.10. The third-order valence-electron chi connectivity index (χ3n) is 2.58. The minimum Gasteiger partial charge on any atom is -0.262 e. The maximum atomic E-state index is 4.27. The van der Waals surface area contributed by atoms with Crippen LogP contribution in [0.15, 0.2) is 43.2 Å². The summed E-state index contributed by atoms with van der Waals surface area (Å²) in [5, 5.41) is 0.